The quantitative estimate of drug-likeness (QED) is 0.535. The van der Waals surface area contributed by atoms with Gasteiger partial charge in [-0.05, 0) is 18.2 Å². The van der Waals surface area contributed by atoms with E-state index in [9.17, 15) is 13.6 Å². The molecule has 0 aliphatic carbocycles. The topological polar surface area (TPSA) is 84.8 Å². The predicted octanol–water partition coefficient (Wildman–Crippen LogP) is 3.28. The summed E-state index contributed by atoms with van der Waals surface area (Å²) in [5.41, 5.74) is 2.40. The van der Waals surface area contributed by atoms with E-state index in [0.717, 1.165) is 11.0 Å². The number of rotatable bonds is 6. The van der Waals surface area contributed by atoms with Crippen molar-refractivity contribution in [3.63, 3.8) is 0 Å². The van der Waals surface area contributed by atoms with Gasteiger partial charge in [-0.1, -0.05) is 30.3 Å². The Labute approximate surface area is 158 Å². The lowest BCUT2D eigenvalue weighted by atomic mass is 10.2. The number of alkyl halides is 2. The van der Waals surface area contributed by atoms with Crippen LogP contribution in [0.3, 0.4) is 0 Å². The van der Waals surface area contributed by atoms with Gasteiger partial charge in [-0.15, -0.1) is 0 Å². The summed E-state index contributed by atoms with van der Waals surface area (Å²) in [5, 5.41) is 6.83. The van der Waals surface area contributed by atoms with Gasteiger partial charge in [0.2, 0.25) is 5.95 Å². The third-order valence-electron chi connectivity index (χ3n) is 4.07. The second-order valence-electron chi connectivity index (χ2n) is 5.92. The van der Waals surface area contributed by atoms with E-state index >= 15 is 0 Å². The fraction of sp³-hybridized carbons (Fsp3) is 0.105. The molecule has 4 aromatic rings. The van der Waals surface area contributed by atoms with E-state index in [1.165, 1.54) is 23.1 Å². The second-order valence-corrected chi connectivity index (χ2v) is 5.92. The maximum atomic E-state index is 12.5. The number of aromatic amines is 1. The van der Waals surface area contributed by atoms with Gasteiger partial charge in [0.15, 0.2) is 0 Å². The number of amides is 1. The Morgan fingerprint density at radius 3 is 2.79 bits per heavy atom. The Morgan fingerprint density at radius 2 is 1.96 bits per heavy atom. The van der Waals surface area contributed by atoms with Crippen molar-refractivity contribution >= 4 is 16.9 Å². The van der Waals surface area contributed by atoms with E-state index in [1.807, 2.05) is 24.3 Å². The van der Waals surface area contributed by atoms with Crippen molar-refractivity contribution in [2.75, 3.05) is 0 Å². The molecule has 0 aliphatic heterocycles. The van der Waals surface area contributed by atoms with Crippen molar-refractivity contribution in [2.45, 2.75) is 13.2 Å². The van der Waals surface area contributed by atoms with E-state index in [4.69, 9.17) is 0 Å². The summed E-state index contributed by atoms with van der Waals surface area (Å²) in [4.78, 5) is 19.9. The van der Waals surface area contributed by atoms with Crippen LogP contribution in [0.15, 0.2) is 60.9 Å². The van der Waals surface area contributed by atoms with Crippen molar-refractivity contribution in [3.05, 3.63) is 72.1 Å². The zero-order chi connectivity index (χ0) is 19.5. The number of benzene rings is 2. The van der Waals surface area contributed by atoms with Crippen LogP contribution in [0.2, 0.25) is 0 Å². The number of fused-ring (bicyclic) bond motifs is 1. The number of halogens is 2. The first-order valence-electron chi connectivity index (χ1n) is 8.41. The van der Waals surface area contributed by atoms with E-state index in [1.54, 1.807) is 18.2 Å². The maximum Gasteiger partial charge on any atom is 0.387 e. The molecule has 0 atom stereocenters. The number of H-pyrrole nitrogens is 1. The van der Waals surface area contributed by atoms with Crippen LogP contribution in [0.5, 0.6) is 5.75 Å². The molecule has 28 heavy (non-hydrogen) atoms. The highest BCUT2D eigenvalue weighted by molar-refractivity contribution is 5.93. The molecule has 0 saturated heterocycles. The van der Waals surface area contributed by atoms with Crippen LogP contribution in [-0.4, -0.2) is 32.3 Å². The minimum atomic E-state index is -2.93. The molecule has 0 bridgehead atoms. The molecular formula is C19H15F2N5O2. The first kappa shape index (κ1) is 17.7. The molecule has 142 valence electrons. The SMILES string of the molecule is O=C(NCc1ccccc1OC(F)F)c1cnn(-c2nc3ccccc3[nH]2)c1. The van der Waals surface area contributed by atoms with Crippen LogP contribution < -0.4 is 10.1 Å². The lowest BCUT2D eigenvalue weighted by molar-refractivity contribution is -0.0504. The number of imidazole rings is 1. The zero-order valence-corrected chi connectivity index (χ0v) is 14.5. The van der Waals surface area contributed by atoms with Gasteiger partial charge in [-0.2, -0.15) is 13.9 Å². The fourth-order valence-corrected chi connectivity index (χ4v) is 2.74. The van der Waals surface area contributed by atoms with Crippen LogP contribution in [0, 0.1) is 0 Å². The molecule has 4 rings (SSSR count). The second kappa shape index (κ2) is 7.47. The van der Waals surface area contributed by atoms with E-state index in [2.05, 4.69) is 25.1 Å². The van der Waals surface area contributed by atoms with E-state index < -0.39 is 12.5 Å². The summed E-state index contributed by atoms with van der Waals surface area (Å²) in [6.07, 6.45) is 2.94. The standard InChI is InChI=1S/C19H15F2N5O2/c20-18(21)28-16-8-4-1-5-12(16)9-22-17(27)13-10-23-26(11-13)19-24-14-6-2-3-7-15(14)25-19/h1-8,10-11,18H,9H2,(H,22,27)(H,24,25). The summed E-state index contributed by atoms with van der Waals surface area (Å²) < 4.78 is 30.9. The third kappa shape index (κ3) is 3.68. The molecule has 0 spiro atoms. The van der Waals surface area contributed by atoms with Crippen molar-refractivity contribution in [2.24, 2.45) is 0 Å². The van der Waals surface area contributed by atoms with Crippen molar-refractivity contribution in [1.29, 1.82) is 0 Å². The molecule has 7 nitrogen and oxygen atoms in total. The van der Waals surface area contributed by atoms with Gasteiger partial charge in [0.1, 0.15) is 5.75 Å². The van der Waals surface area contributed by atoms with Crippen LogP contribution in [0.4, 0.5) is 8.78 Å². The highest BCUT2D eigenvalue weighted by atomic mass is 19.3. The average molecular weight is 383 g/mol. The minimum Gasteiger partial charge on any atom is -0.434 e. The molecule has 1 amide bonds. The van der Waals surface area contributed by atoms with Crippen molar-refractivity contribution in [1.82, 2.24) is 25.1 Å². The Morgan fingerprint density at radius 1 is 1.18 bits per heavy atom. The van der Waals surface area contributed by atoms with Gasteiger partial charge in [0.05, 0.1) is 22.8 Å². The van der Waals surface area contributed by atoms with Gasteiger partial charge < -0.3 is 15.0 Å². The van der Waals surface area contributed by atoms with Crippen LogP contribution in [0.25, 0.3) is 17.0 Å². The highest BCUT2D eigenvalue weighted by Crippen LogP contribution is 2.20. The van der Waals surface area contributed by atoms with E-state index in [0.29, 0.717) is 17.1 Å². The highest BCUT2D eigenvalue weighted by Gasteiger charge is 2.13. The number of hydrogen-bond acceptors (Lipinski definition) is 4. The molecule has 2 N–H and O–H groups in total. The van der Waals surface area contributed by atoms with Gasteiger partial charge in [0.25, 0.3) is 5.91 Å². The summed E-state index contributed by atoms with van der Waals surface area (Å²) in [6.45, 7) is -2.89. The number of para-hydroxylation sites is 3. The zero-order valence-electron chi connectivity index (χ0n) is 14.5. The number of aromatic nitrogens is 4. The van der Waals surface area contributed by atoms with Gasteiger partial charge >= 0.3 is 6.61 Å². The van der Waals surface area contributed by atoms with E-state index in [-0.39, 0.29) is 12.3 Å². The number of carbonyl (C=O) groups excluding carboxylic acids is 1. The molecule has 0 aliphatic rings. The molecule has 2 heterocycles. The van der Waals surface area contributed by atoms with Crippen LogP contribution >= 0.6 is 0 Å². The first-order chi connectivity index (χ1) is 13.6. The normalized spacial score (nSPS) is 11.1. The monoisotopic (exact) mass is 383 g/mol. The summed E-state index contributed by atoms with van der Waals surface area (Å²) in [5.74, 6) is 0.112. The molecule has 0 fully saturated rings. The fourth-order valence-electron chi connectivity index (χ4n) is 2.74. The Balaban J connectivity index is 1.46. The lowest BCUT2D eigenvalue weighted by Gasteiger charge is -2.10. The number of ether oxygens (including phenoxy) is 1. The van der Waals surface area contributed by atoms with Crippen molar-refractivity contribution in [3.8, 4) is 11.7 Å². The maximum absolute atomic E-state index is 12.5. The molecule has 0 radical (unpaired) electrons. The summed E-state index contributed by atoms with van der Waals surface area (Å²) in [7, 11) is 0. The van der Waals surface area contributed by atoms with Gasteiger partial charge in [0, 0.05) is 18.3 Å². The number of carbonyl (C=O) groups is 1. The lowest BCUT2D eigenvalue weighted by Crippen LogP contribution is -2.23. The Bertz CT molecular complexity index is 1090. The number of nitrogens with one attached hydrogen (secondary N) is 2. The molecule has 0 unspecified atom stereocenters. The summed E-state index contributed by atoms with van der Waals surface area (Å²) in [6, 6.07) is 13.8. The molecule has 2 aromatic heterocycles. The van der Waals surface area contributed by atoms with Gasteiger partial charge in [-0.3, -0.25) is 4.79 Å². The minimum absolute atomic E-state index is 0.0239. The number of hydrogen-bond donors (Lipinski definition) is 2. The van der Waals surface area contributed by atoms with Crippen LogP contribution in [0.1, 0.15) is 15.9 Å². The average Bonchev–Trinajstić information content (AvgIpc) is 3.33. The first-order valence-corrected chi connectivity index (χ1v) is 8.41. The van der Waals surface area contributed by atoms with Gasteiger partial charge in [-0.25, -0.2) is 9.67 Å². The van der Waals surface area contributed by atoms with Crippen molar-refractivity contribution < 1.29 is 18.3 Å². The largest absolute Gasteiger partial charge is 0.434 e. The molecule has 2 aromatic carbocycles. The molecule has 0 saturated carbocycles. The summed E-state index contributed by atoms with van der Waals surface area (Å²) >= 11 is 0. The van der Waals surface area contributed by atoms with Crippen LogP contribution in [-0.2, 0) is 6.54 Å². The Kier molecular flexibility index (Phi) is 4.71. The third-order valence-corrected chi connectivity index (χ3v) is 4.07. The predicted molar refractivity (Wildman–Crippen MR) is 97.5 cm³/mol. The molecular weight excluding hydrogens is 368 g/mol. The Hall–Kier alpha value is -3.75. The smallest absolute Gasteiger partial charge is 0.387 e. The number of nitrogens with zero attached hydrogens (tertiary/aromatic N) is 3. The molecule has 9 heteroatoms.